The highest BCUT2D eigenvalue weighted by Crippen LogP contribution is 1.95. The van der Waals surface area contributed by atoms with E-state index in [4.69, 9.17) is 0 Å². The molecule has 2 N–H and O–H groups in total. The van der Waals surface area contributed by atoms with E-state index in [2.05, 4.69) is 10.2 Å². The summed E-state index contributed by atoms with van der Waals surface area (Å²) in [6.07, 6.45) is 0.00854. The van der Waals surface area contributed by atoms with Crippen LogP contribution in [-0.4, -0.2) is 22.5 Å². The Balaban J connectivity index is 2.32. The third kappa shape index (κ3) is 2.30. The van der Waals surface area contributed by atoms with Crippen molar-refractivity contribution in [2.24, 2.45) is 0 Å². The van der Waals surface area contributed by atoms with Crippen LogP contribution in [0, 0.1) is 0 Å². The number of hydrogen-bond acceptors (Lipinski definition) is 2. The van der Waals surface area contributed by atoms with Gasteiger partial charge in [-0.1, -0.05) is 0 Å². The lowest BCUT2D eigenvalue weighted by Crippen LogP contribution is -2.28. The minimum atomic E-state index is -2.96. The van der Waals surface area contributed by atoms with Gasteiger partial charge in [0.15, 0.2) is 0 Å². The van der Waals surface area contributed by atoms with Gasteiger partial charge in [-0.2, -0.15) is 13.9 Å². The molecule has 0 spiro atoms. The number of amides is 1. The molecule has 1 aromatic heterocycles. The zero-order valence-electron chi connectivity index (χ0n) is 6.05. The summed E-state index contributed by atoms with van der Waals surface area (Å²) >= 11 is 0. The lowest BCUT2D eigenvalue weighted by Gasteiger charge is -2.00. The van der Waals surface area contributed by atoms with E-state index in [-0.39, 0.29) is 6.54 Å². The van der Waals surface area contributed by atoms with Crippen LogP contribution in [0.1, 0.15) is 5.56 Å². The van der Waals surface area contributed by atoms with Crippen LogP contribution >= 0.6 is 0 Å². The lowest BCUT2D eigenvalue weighted by molar-refractivity contribution is -0.131. The average molecular weight is 175 g/mol. The van der Waals surface area contributed by atoms with Crippen LogP contribution in [0.2, 0.25) is 0 Å². The fourth-order valence-corrected chi connectivity index (χ4v) is 0.641. The van der Waals surface area contributed by atoms with Crippen LogP contribution in [0.3, 0.4) is 0 Å². The summed E-state index contributed by atoms with van der Waals surface area (Å²) in [7, 11) is 0. The summed E-state index contributed by atoms with van der Waals surface area (Å²) in [5, 5.41) is 8.11. The number of hydrogen-bond donors (Lipinski definition) is 2. The van der Waals surface area contributed by atoms with Crippen LogP contribution in [0.25, 0.3) is 0 Å². The maximum Gasteiger partial charge on any atom is 0.315 e. The number of aromatic amines is 1. The maximum atomic E-state index is 11.6. The molecule has 4 nitrogen and oxygen atoms in total. The number of halogens is 2. The number of aromatic nitrogens is 2. The van der Waals surface area contributed by atoms with Crippen molar-refractivity contribution in [2.45, 2.75) is 13.0 Å². The molecule has 0 aliphatic carbocycles. The average Bonchev–Trinajstić information content (AvgIpc) is 2.51. The molecule has 12 heavy (non-hydrogen) atoms. The van der Waals surface area contributed by atoms with Crippen LogP contribution in [0.4, 0.5) is 8.78 Å². The van der Waals surface area contributed by atoms with Gasteiger partial charge in [0, 0.05) is 18.3 Å². The van der Waals surface area contributed by atoms with Crippen LogP contribution in [0.5, 0.6) is 0 Å². The summed E-state index contributed by atoms with van der Waals surface area (Å²) in [4.78, 5) is 10.3. The second-order valence-electron chi connectivity index (χ2n) is 2.13. The predicted molar refractivity (Wildman–Crippen MR) is 36.4 cm³/mol. The molecule has 0 aliphatic rings. The first-order chi connectivity index (χ1) is 5.70. The molecule has 0 saturated carbocycles. The van der Waals surface area contributed by atoms with Gasteiger partial charge in [-0.15, -0.1) is 0 Å². The maximum absolute atomic E-state index is 11.6. The molecule has 0 aliphatic heterocycles. The van der Waals surface area contributed by atoms with E-state index in [1.54, 1.807) is 0 Å². The van der Waals surface area contributed by atoms with Gasteiger partial charge in [0.25, 0.3) is 5.91 Å². The van der Waals surface area contributed by atoms with E-state index in [1.165, 1.54) is 12.4 Å². The van der Waals surface area contributed by atoms with Crippen molar-refractivity contribution in [1.82, 2.24) is 15.5 Å². The molecule has 1 rings (SSSR count). The van der Waals surface area contributed by atoms with Gasteiger partial charge in [-0.25, -0.2) is 0 Å². The fourth-order valence-electron chi connectivity index (χ4n) is 0.641. The topological polar surface area (TPSA) is 57.8 Å². The molecule has 66 valence electrons. The number of H-pyrrole nitrogens is 1. The lowest BCUT2D eigenvalue weighted by atomic mass is 10.3. The predicted octanol–water partition coefficient (Wildman–Crippen LogP) is 0.291. The minimum absolute atomic E-state index is 0.0691. The Morgan fingerprint density at radius 2 is 2.50 bits per heavy atom. The monoisotopic (exact) mass is 175 g/mol. The molecule has 0 fully saturated rings. The molecule has 1 heterocycles. The first-order valence-electron chi connectivity index (χ1n) is 3.23. The second-order valence-corrected chi connectivity index (χ2v) is 2.13. The summed E-state index contributed by atoms with van der Waals surface area (Å²) < 4.78 is 23.2. The zero-order chi connectivity index (χ0) is 8.97. The van der Waals surface area contributed by atoms with Crippen molar-refractivity contribution in [3.63, 3.8) is 0 Å². The summed E-state index contributed by atoms with van der Waals surface area (Å²) in [5.41, 5.74) is 0.656. The number of carbonyl (C=O) groups excluding carboxylic acids is 1. The molecule has 0 aromatic carbocycles. The van der Waals surface area contributed by atoms with Crippen molar-refractivity contribution in [2.75, 3.05) is 0 Å². The van der Waals surface area contributed by atoms with Crippen LogP contribution in [-0.2, 0) is 11.3 Å². The highest BCUT2D eigenvalue weighted by atomic mass is 19.3. The van der Waals surface area contributed by atoms with Crippen molar-refractivity contribution in [1.29, 1.82) is 0 Å². The fraction of sp³-hybridized carbons (Fsp3) is 0.333. The van der Waals surface area contributed by atoms with Gasteiger partial charge in [-0.05, 0) is 0 Å². The molecule has 6 heteroatoms. The van der Waals surface area contributed by atoms with Crippen LogP contribution in [0.15, 0.2) is 12.4 Å². The highest BCUT2D eigenvalue weighted by molar-refractivity contribution is 5.78. The smallest absolute Gasteiger partial charge is 0.315 e. The van der Waals surface area contributed by atoms with Gasteiger partial charge in [-0.3, -0.25) is 9.89 Å². The molecule has 0 radical (unpaired) electrons. The normalized spacial score (nSPS) is 10.2. The molecular formula is C6H7F2N3O. The molecular weight excluding hydrogens is 168 g/mol. The standard InChI is InChI=1S/C6H7F2N3O/c7-5(8)6(12)9-1-4-2-10-11-3-4/h2-3,5H,1H2,(H,9,12)(H,10,11). The number of rotatable bonds is 3. The number of nitrogens with zero attached hydrogens (tertiary/aromatic N) is 1. The van der Waals surface area contributed by atoms with E-state index >= 15 is 0 Å². The third-order valence-electron chi connectivity index (χ3n) is 1.22. The summed E-state index contributed by atoms with van der Waals surface area (Å²) in [5.74, 6) is -1.27. The highest BCUT2D eigenvalue weighted by Gasteiger charge is 2.13. The third-order valence-corrected chi connectivity index (χ3v) is 1.22. The molecule has 0 atom stereocenters. The van der Waals surface area contributed by atoms with Crippen molar-refractivity contribution in [3.05, 3.63) is 18.0 Å². The van der Waals surface area contributed by atoms with Crippen molar-refractivity contribution < 1.29 is 13.6 Å². The molecule has 0 bridgehead atoms. The molecule has 0 unspecified atom stereocenters. The molecule has 1 amide bonds. The number of carbonyl (C=O) groups is 1. The van der Waals surface area contributed by atoms with Gasteiger partial charge in [0.2, 0.25) is 0 Å². The quantitative estimate of drug-likeness (QED) is 0.693. The molecule has 0 saturated heterocycles. The van der Waals surface area contributed by atoms with E-state index in [9.17, 15) is 13.6 Å². The van der Waals surface area contributed by atoms with Crippen molar-refractivity contribution >= 4 is 5.91 Å². The Labute approximate surface area is 67.0 Å². The van der Waals surface area contributed by atoms with Crippen molar-refractivity contribution in [3.8, 4) is 0 Å². The van der Waals surface area contributed by atoms with E-state index in [0.29, 0.717) is 5.56 Å². The number of nitrogens with one attached hydrogen (secondary N) is 2. The summed E-state index contributed by atoms with van der Waals surface area (Å²) in [6, 6.07) is 0. The Morgan fingerprint density at radius 3 is 3.00 bits per heavy atom. The van der Waals surface area contributed by atoms with Crippen LogP contribution < -0.4 is 5.32 Å². The Hall–Kier alpha value is -1.46. The zero-order valence-corrected chi connectivity index (χ0v) is 6.05. The van der Waals surface area contributed by atoms with Gasteiger partial charge >= 0.3 is 6.43 Å². The SMILES string of the molecule is O=C(NCc1cn[nH]c1)C(F)F. The minimum Gasteiger partial charge on any atom is -0.347 e. The van der Waals surface area contributed by atoms with Gasteiger partial charge in [0.05, 0.1) is 6.20 Å². The second kappa shape index (κ2) is 3.80. The Morgan fingerprint density at radius 1 is 1.75 bits per heavy atom. The largest absolute Gasteiger partial charge is 0.347 e. The summed E-state index contributed by atoms with van der Waals surface area (Å²) in [6.45, 7) is 0.0691. The number of alkyl halides is 2. The first kappa shape index (κ1) is 8.63. The van der Waals surface area contributed by atoms with Gasteiger partial charge in [0.1, 0.15) is 0 Å². The Kier molecular flexibility index (Phi) is 2.73. The van der Waals surface area contributed by atoms with Gasteiger partial charge < -0.3 is 5.32 Å². The molecule has 1 aromatic rings. The van der Waals surface area contributed by atoms with E-state index < -0.39 is 12.3 Å². The van der Waals surface area contributed by atoms with E-state index in [0.717, 1.165) is 0 Å². The Bertz CT molecular complexity index is 247. The first-order valence-corrected chi connectivity index (χ1v) is 3.23. The van der Waals surface area contributed by atoms with E-state index in [1.807, 2.05) is 5.32 Å².